The quantitative estimate of drug-likeness (QED) is 0.834. The van der Waals surface area contributed by atoms with Crippen LogP contribution in [-0.2, 0) is 5.41 Å². The van der Waals surface area contributed by atoms with Crippen molar-refractivity contribution in [1.29, 1.82) is 0 Å². The third-order valence-corrected chi connectivity index (χ3v) is 3.60. The zero-order chi connectivity index (χ0) is 14.9. The number of hydrogen-bond donors (Lipinski definition) is 2. The van der Waals surface area contributed by atoms with E-state index >= 15 is 0 Å². The predicted octanol–water partition coefficient (Wildman–Crippen LogP) is 3.32. The highest BCUT2D eigenvalue weighted by Gasteiger charge is 2.19. The van der Waals surface area contributed by atoms with Crippen LogP contribution in [0.4, 0.5) is 10.8 Å². The standard InChI is InChI=1S/C13H15ClN4OS/c1-13(2,3)9-6-20-12(17-9)18-11(19)7-4-10(14)16-5-8(7)15/h4-6H,15H2,1-3H3,(H,17,18,19). The molecule has 20 heavy (non-hydrogen) atoms. The molecule has 0 aliphatic carbocycles. The number of halogens is 1. The first-order valence-electron chi connectivity index (χ1n) is 5.96. The minimum Gasteiger partial charge on any atom is -0.397 e. The van der Waals surface area contributed by atoms with Crippen LogP contribution in [-0.4, -0.2) is 15.9 Å². The molecule has 0 atom stereocenters. The second-order valence-corrected chi connectivity index (χ2v) is 6.58. The second-order valence-electron chi connectivity index (χ2n) is 5.34. The molecule has 0 aromatic carbocycles. The number of aromatic nitrogens is 2. The Hall–Kier alpha value is -1.66. The van der Waals surface area contributed by atoms with E-state index < -0.39 is 0 Å². The molecule has 5 nitrogen and oxygen atoms in total. The SMILES string of the molecule is CC(C)(C)c1csc(NC(=O)c2cc(Cl)ncc2N)n1. The minimum atomic E-state index is -0.346. The molecule has 0 spiro atoms. The maximum Gasteiger partial charge on any atom is 0.259 e. The summed E-state index contributed by atoms with van der Waals surface area (Å²) in [5.41, 5.74) is 7.16. The van der Waals surface area contributed by atoms with Crippen LogP contribution >= 0.6 is 22.9 Å². The molecule has 0 aliphatic rings. The molecule has 0 fully saturated rings. The molecule has 0 saturated heterocycles. The number of nitrogens with one attached hydrogen (secondary N) is 1. The molecular formula is C13H15ClN4OS. The maximum absolute atomic E-state index is 12.1. The van der Waals surface area contributed by atoms with Gasteiger partial charge in [0.2, 0.25) is 0 Å². The molecule has 3 N–H and O–H groups in total. The Balaban J connectivity index is 2.20. The van der Waals surface area contributed by atoms with Crippen LogP contribution in [0.5, 0.6) is 0 Å². The van der Waals surface area contributed by atoms with E-state index in [-0.39, 0.29) is 27.7 Å². The number of anilines is 2. The van der Waals surface area contributed by atoms with Crippen LogP contribution < -0.4 is 11.1 Å². The van der Waals surface area contributed by atoms with E-state index in [1.807, 2.05) is 5.38 Å². The highest BCUT2D eigenvalue weighted by atomic mass is 35.5. The Labute approximate surface area is 126 Å². The summed E-state index contributed by atoms with van der Waals surface area (Å²) in [6, 6.07) is 1.44. The van der Waals surface area contributed by atoms with Crippen molar-refractivity contribution in [2.24, 2.45) is 0 Å². The van der Waals surface area contributed by atoms with Gasteiger partial charge in [-0.05, 0) is 6.07 Å². The molecular weight excluding hydrogens is 296 g/mol. The summed E-state index contributed by atoms with van der Waals surface area (Å²) in [4.78, 5) is 20.3. The molecule has 2 aromatic heterocycles. The first-order chi connectivity index (χ1) is 9.27. The lowest BCUT2D eigenvalue weighted by Gasteiger charge is -2.14. The van der Waals surface area contributed by atoms with Crippen LogP contribution in [0, 0.1) is 0 Å². The summed E-state index contributed by atoms with van der Waals surface area (Å²) in [5.74, 6) is -0.346. The van der Waals surface area contributed by atoms with E-state index in [0.29, 0.717) is 5.13 Å². The van der Waals surface area contributed by atoms with Crippen LogP contribution in [0.2, 0.25) is 5.15 Å². The second kappa shape index (κ2) is 5.38. The fraction of sp³-hybridized carbons (Fsp3) is 0.308. The van der Waals surface area contributed by atoms with E-state index in [4.69, 9.17) is 17.3 Å². The lowest BCUT2D eigenvalue weighted by Crippen LogP contribution is -2.15. The first-order valence-corrected chi connectivity index (χ1v) is 7.21. The van der Waals surface area contributed by atoms with Gasteiger partial charge in [0.25, 0.3) is 5.91 Å². The molecule has 106 valence electrons. The molecule has 0 unspecified atom stereocenters. The zero-order valence-electron chi connectivity index (χ0n) is 11.4. The van der Waals surface area contributed by atoms with Crippen molar-refractivity contribution in [2.45, 2.75) is 26.2 Å². The number of nitrogens with two attached hydrogens (primary N) is 1. The molecule has 2 aromatic rings. The highest BCUT2D eigenvalue weighted by Crippen LogP contribution is 2.27. The van der Waals surface area contributed by atoms with Gasteiger partial charge < -0.3 is 5.73 Å². The Bertz CT molecular complexity index is 648. The van der Waals surface area contributed by atoms with Crippen molar-refractivity contribution >= 4 is 39.7 Å². The number of pyridine rings is 1. The molecule has 2 rings (SSSR count). The minimum absolute atomic E-state index is 0.0571. The van der Waals surface area contributed by atoms with Crippen molar-refractivity contribution in [2.75, 3.05) is 11.1 Å². The predicted molar refractivity (Wildman–Crippen MR) is 82.4 cm³/mol. The Morgan fingerprint density at radius 1 is 1.45 bits per heavy atom. The van der Waals surface area contributed by atoms with Gasteiger partial charge in [-0.25, -0.2) is 9.97 Å². The number of rotatable bonds is 2. The molecule has 0 radical (unpaired) electrons. The van der Waals surface area contributed by atoms with Crippen molar-refractivity contribution in [1.82, 2.24) is 9.97 Å². The molecule has 0 saturated carbocycles. The third kappa shape index (κ3) is 3.26. The van der Waals surface area contributed by atoms with Gasteiger partial charge in [0, 0.05) is 10.8 Å². The van der Waals surface area contributed by atoms with Gasteiger partial charge in [0.15, 0.2) is 5.13 Å². The highest BCUT2D eigenvalue weighted by molar-refractivity contribution is 7.14. The van der Waals surface area contributed by atoms with Gasteiger partial charge >= 0.3 is 0 Å². The van der Waals surface area contributed by atoms with Crippen LogP contribution in [0.25, 0.3) is 0 Å². The first kappa shape index (κ1) is 14.7. The van der Waals surface area contributed by atoms with E-state index in [1.165, 1.54) is 23.6 Å². The van der Waals surface area contributed by atoms with Crippen LogP contribution in [0.1, 0.15) is 36.8 Å². The number of thiazole rings is 1. The lowest BCUT2D eigenvalue weighted by atomic mass is 9.93. The van der Waals surface area contributed by atoms with Gasteiger partial charge in [-0.1, -0.05) is 32.4 Å². The van der Waals surface area contributed by atoms with Crippen molar-refractivity contribution in [3.05, 3.63) is 34.1 Å². The average molecular weight is 311 g/mol. The Morgan fingerprint density at radius 3 is 2.75 bits per heavy atom. The van der Waals surface area contributed by atoms with Gasteiger partial charge in [0.05, 0.1) is 23.1 Å². The topological polar surface area (TPSA) is 80.9 Å². The molecule has 1 amide bonds. The maximum atomic E-state index is 12.1. The fourth-order valence-corrected chi connectivity index (χ4v) is 2.57. The third-order valence-electron chi connectivity index (χ3n) is 2.64. The summed E-state index contributed by atoms with van der Waals surface area (Å²) in [5, 5.41) is 5.41. The van der Waals surface area contributed by atoms with E-state index in [2.05, 4.69) is 36.1 Å². The summed E-state index contributed by atoms with van der Waals surface area (Å²) >= 11 is 7.15. The van der Waals surface area contributed by atoms with E-state index in [0.717, 1.165) is 5.69 Å². The summed E-state index contributed by atoms with van der Waals surface area (Å²) in [6.45, 7) is 6.19. The number of carbonyl (C=O) groups is 1. The smallest absolute Gasteiger partial charge is 0.259 e. The summed E-state index contributed by atoms with van der Waals surface area (Å²) in [7, 11) is 0. The molecule has 0 aliphatic heterocycles. The zero-order valence-corrected chi connectivity index (χ0v) is 13.0. The van der Waals surface area contributed by atoms with E-state index in [1.54, 1.807) is 0 Å². The van der Waals surface area contributed by atoms with Crippen molar-refractivity contribution < 1.29 is 4.79 Å². The number of amides is 1. The monoisotopic (exact) mass is 310 g/mol. The van der Waals surface area contributed by atoms with Gasteiger partial charge in [-0.15, -0.1) is 11.3 Å². The van der Waals surface area contributed by atoms with Crippen molar-refractivity contribution in [3.8, 4) is 0 Å². The van der Waals surface area contributed by atoms with Crippen LogP contribution in [0.3, 0.4) is 0 Å². The summed E-state index contributed by atoms with van der Waals surface area (Å²) < 4.78 is 0. The number of hydrogen-bond acceptors (Lipinski definition) is 5. The normalized spacial score (nSPS) is 11.4. The largest absolute Gasteiger partial charge is 0.397 e. The van der Waals surface area contributed by atoms with Gasteiger partial charge in [-0.3, -0.25) is 10.1 Å². The fourth-order valence-electron chi connectivity index (χ4n) is 1.48. The molecule has 2 heterocycles. The molecule has 7 heteroatoms. The number of nitrogens with zero attached hydrogens (tertiary/aromatic N) is 2. The van der Waals surface area contributed by atoms with E-state index in [9.17, 15) is 4.79 Å². The average Bonchev–Trinajstić information content (AvgIpc) is 2.80. The lowest BCUT2D eigenvalue weighted by molar-refractivity contribution is 0.102. The number of nitrogen functional groups attached to an aromatic ring is 1. The Kier molecular flexibility index (Phi) is 3.96. The van der Waals surface area contributed by atoms with Gasteiger partial charge in [0.1, 0.15) is 5.15 Å². The van der Waals surface area contributed by atoms with Gasteiger partial charge in [-0.2, -0.15) is 0 Å². The van der Waals surface area contributed by atoms with Crippen molar-refractivity contribution in [3.63, 3.8) is 0 Å². The summed E-state index contributed by atoms with van der Waals surface area (Å²) in [6.07, 6.45) is 1.36. The number of carbonyl (C=O) groups excluding carboxylic acids is 1. The van der Waals surface area contributed by atoms with Crippen LogP contribution in [0.15, 0.2) is 17.6 Å². The Morgan fingerprint density at radius 2 is 2.15 bits per heavy atom. The molecule has 0 bridgehead atoms.